The number of benzene rings is 1. The van der Waals surface area contributed by atoms with Crippen LogP contribution in [0.5, 0.6) is 5.75 Å². The largest absolute Gasteiger partial charge is 0.497 e. The highest BCUT2D eigenvalue weighted by Crippen LogP contribution is 2.25. The molecule has 0 fully saturated rings. The van der Waals surface area contributed by atoms with Crippen molar-refractivity contribution in [2.75, 3.05) is 19.4 Å². The third kappa shape index (κ3) is 5.00. The molecule has 1 rings (SSSR count). The highest BCUT2D eigenvalue weighted by atomic mass is 32.2. The van der Waals surface area contributed by atoms with Crippen LogP contribution in [0.15, 0.2) is 24.3 Å². The average molecular weight is 313 g/mol. The van der Waals surface area contributed by atoms with Gasteiger partial charge in [-0.1, -0.05) is 32.9 Å². The Bertz CT molecular complexity index is 523. The first-order chi connectivity index (χ1) is 9.81. The lowest BCUT2D eigenvalue weighted by Gasteiger charge is -2.26. The molecule has 4 nitrogen and oxygen atoms in total. The molecule has 0 spiro atoms. The van der Waals surface area contributed by atoms with Crippen LogP contribution in [0.2, 0.25) is 0 Å². The van der Waals surface area contributed by atoms with Gasteiger partial charge in [0, 0.05) is 6.04 Å². The third-order valence-corrected chi connectivity index (χ3v) is 6.04. The summed E-state index contributed by atoms with van der Waals surface area (Å²) in [6.45, 7) is 8.35. The van der Waals surface area contributed by atoms with Gasteiger partial charge >= 0.3 is 0 Å². The number of ether oxygens (including phenoxy) is 1. The molecule has 0 aliphatic carbocycles. The van der Waals surface area contributed by atoms with Gasteiger partial charge in [-0.15, -0.1) is 0 Å². The van der Waals surface area contributed by atoms with Gasteiger partial charge in [0.2, 0.25) is 0 Å². The minimum absolute atomic E-state index is 0.135. The molecule has 120 valence electrons. The molecule has 2 atom stereocenters. The molecular weight excluding hydrogens is 286 g/mol. The fourth-order valence-corrected chi connectivity index (χ4v) is 4.31. The molecule has 0 aliphatic heterocycles. The Morgan fingerprint density at radius 3 is 2.14 bits per heavy atom. The molecule has 0 saturated heterocycles. The molecule has 5 heteroatoms. The van der Waals surface area contributed by atoms with Crippen LogP contribution in [0.25, 0.3) is 0 Å². The van der Waals surface area contributed by atoms with Crippen LogP contribution < -0.4 is 10.1 Å². The van der Waals surface area contributed by atoms with E-state index in [0.717, 1.165) is 17.9 Å². The molecule has 0 aromatic heterocycles. The van der Waals surface area contributed by atoms with Gasteiger partial charge in [0.1, 0.15) is 5.75 Å². The summed E-state index contributed by atoms with van der Waals surface area (Å²) in [5.41, 5.74) is 0.970. The van der Waals surface area contributed by atoms with Crippen molar-refractivity contribution in [3.63, 3.8) is 0 Å². The Balaban J connectivity index is 3.04. The molecule has 0 amide bonds. The summed E-state index contributed by atoms with van der Waals surface area (Å²) in [6.07, 6.45) is 0. The van der Waals surface area contributed by atoms with Gasteiger partial charge in [0.05, 0.1) is 18.1 Å². The summed E-state index contributed by atoms with van der Waals surface area (Å²) < 4.78 is 30.1. The number of nitrogens with one attached hydrogen (secondary N) is 1. The molecule has 0 heterocycles. The Hall–Kier alpha value is -1.07. The van der Waals surface area contributed by atoms with Gasteiger partial charge in [-0.3, -0.25) is 0 Å². The zero-order chi connectivity index (χ0) is 16.0. The first-order valence-electron chi connectivity index (χ1n) is 7.40. The van der Waals surface area contributed by atoms with Gasteiger partial charge in [-0.2, -0.15) is 0 Å². The van der Waals surface area contributed by atoms with E-state index in [0.29, 0.717) is 0 Å². The van der Waals surface area contributed by atoms with Crippen LogP contribution in [-0.2, 0) is 9.84 Å². The van der Waals surface area contributed by atoms with Crippen molar-refractivity contribution in [3.8, 4) is 5.75 Å². The number of hydrogen-bond acceptors (Lipinski definition) is 4. The maximum absolute atomic E-state index is 12.5. The van der Waals surface area contributed by atoms with Crippen molar-refractivity contribution in [2.45, 2.75) is 39.0 Å². The summed E-state index contributed by atoms with van der Waals surface area (Å²) in [5, 5.41) is 2.83. The van der Waals surface area contributed by atoms with Crippen molar-refractivity contribution >= 4 is 9.84 Å². The van der Waals surface area contributed by atoms with E-state index < -0.39 is 15.1 Å². The fourth-order valence-electron chi connectivity index (χ4n) is 2.41. The molecule has 0 aliphatic rings. The second-order valence-corrected chi connectivity index (χ2v) is 8.14. The molecule has 1 N–H and O–H groups in total. The molecule has 0 radical (unpaired) electrons. The standard InChI is InChI=1S/C16H27NO3S/c1-6-17-16(13(4)21(18,19)11-12(2)3)14-7-9-15(20-5)10-8-14/h7-10,12-13,16-17H,6,11H2,1-5H3. The molecule has 0 bridgehead atoms. The maximum Gasteiger partial charge on any atom is 0.155 e. The summed E-state index contributed by atoms with van der Waals surface area (Å²) in [7, 11) is -1.52. The molecule has 21 heavy (non-hydrogen) atoms. The van der Waals surface area contributed by atoms with Crippen LogP contribution >= 0.6 is 0 Å². The average Bonchev–Trinajstić information content (AvgIpc) is 2.43. The van der Waals surface area contributed by atoms with E-state index in [1.165, 1.54) is 0 Å². The number of methoxy groups -OCH3 is 1. The van der Waals surface area contributed by atoms with Crippen molar-refractivity contribution in [3.05, 3.63) is 29.8 Å². The maximum atomic E-state index is 12.5. The highest BCUT2D eigenvalue weighted by Gasteiger charge is 2.30. The second-order valence-electron chi connectivity index (χ2n) is 5.74. The normalized spacial score (nSPS) is 15.0. The smallest absolute Gasteiger partial charge is 0.155 e. The first kappa shape index (κ1) is 18.0. The molecule has 2 unspecified atom stereocenters. The van der Waals surface area contributed by atoms with E-state index in [9.17, 15) is 8.42 Å². The van der Waals surface area contributed by atoms with E-state index in [4.69, 9.17) is 4.74 Å². The number of sulfone groups is 1. The van der Waals surface area contributed by atoms with Crippen LogP contribution in [0.1, 0.15) is 39.3 Å². The number of rotatable bonds is 8. The summed E-state index contributed by atoms with van der Waals surface area (Å²) in [4.78, 5) is 0. The first-order valence-corrected chi connectivity index (χ1v) is 9.12. The zero-order valence-corrected chi connectivity index (χ0v) is 14.4. The summed E-state index contributed by atoms with van der Waals surface area (Å²) >= 11 is 0. The minimum Gasteiger partial charge on any atom is -0.497 e. The Kier molecular flexibility index (Phi) is 6.68. The summed E-state index contributed by atoms with van der Waals surface area (Å²) in [6, 6.07) is 7.37. The van der Waals surface area contributed by atoms with Gasteiger partial charge in [-0.25, -0.2) is 8.42 Å². The lowest BCUT2D eigenvalue weighted by molar-refractivity contribution is 0.414. The van der Waals surface area contributed by atoms with Crippen LogP contribution in [0.3, 0.4) is 0 Å². The SMILES string of the molecule is CCNC(c1ccc(OC)cc1)C(C)S(=O)(=O)CC(C)C. The van der Waals surface area contributed by atoms with E-state index >= 15 is 0 Å². The van der Waals surface area contributed by atoms with E-state index in [2.05, 4.69) is 5.32 Å². The van der Waals surface area contributed by atoms with Crippen molar-refractivity contribution in [2.24, 2.45) is 5.92 Å². The van der Waals surface area contributed by atoms with Crippen LogP contribution in [0, 0.1) is 5.92 Å². The van der Waals surface area contributed by atoms with Crippen LogP contribution in [0.4, 0.5) is 0 Å². The van der Waals surface area contributed by atoms with E-state index in [1.54, 1.807) is 14.0 Å². The van der Waals surface area contributed by atoms with E-state index in [1.807, 2.05) is 45.0 Å². The van der Waals surface area contributed by atoms with Crippen molar-refractivity contribution in [1.29, 1.82) is 0 Å². The molecule has 1 aromatic carbocycles. The quantitative estimate of drug-likeness (QED) is 0.802. The van der Waals surface area contributed by atoms with Crippen LogP contribution in [-0.4, -0.2) is 33.1 Å². The van der Waals surface area contributed by atoms with E-state index in [-0.39, 0.29) is 17.7 Å². The monoisotopic (exact) mass is 313 g/mol. The molecule has 1 aromatic rings. The third-order valence-electron chi connectivity index (χ3n) is 3.50. The number of hydrogen-bond donors (Lipinski definition) is 1. The van der Waals surface area contributed by atoms with Gasteiger partial charge in [-0.05, 0) is 37.1 Å². The Morgan fingerprint density at radius 1 is 1.14 bits per heavy atom. The second kappa shape index (κ2) is 7.80. The lowest BCUT2D eigenvalue weighted by Crippen LogP contribution is -2.37. The fraction of sp³-hybridized carbons (Fsp3) is 0.625. The Labute approximate surface area is 128 Å². The van der Waals surface area contributed by atoms with Gasteiger partial charge in [0.25, 0.3) is 0 Å². The minimum atomic E-state index is -3.14. The summed E-state index contributed by atoms with van der Waals surface area (Å²) in [5.74, 6) is 1.12. The topological polar surface area (TPSA) is 55.4 Å². The highest BCUT2D eigenvalue weighted by molar-refractivity contribution is 7.92. The van der Waals surface area contributed by atoms with Crippen molar-refractivity contribution < 1.29 is 13.2 Å². The predicted octanol–water partition coefficient (Wildman–Crippen LogP) is 2.81. The van der Waals surface area contributed by atoms with Crippen molar-refractivity contribution in [1.82, 2.24) is 5.32 Å². The van der Waals surface area contributed by atoms with Gasteiger partial charge in [0.15, 0.2) is 9.84 Å². The molecule has 0 saturated carbocycles. The Morgan fingerprint density at radius 2 is 1.71 bits per heavy atom. The molecular formula is C16H27NO3S. The lowest BCUT2D eigenvalue weighted by atomic mass is 10.0. The van der Waals surface area contributed by atoms with Gasteiger partial charge < -0.3 is 10.1 Å². The zero-order valence-electron chi connectivity index (χ0n) is 13.6. The predicted molar refractivity (Wildman–Crippen MR) is 87.5 cm³/mol.